The van der Waals surface area contributed by atoms with Crippen molar-refractivity contribution in [2.45, 2.75) is 30.2 Å². The summed E-state index contributed by atoms with van der Waals surface area (Å²) >= 11 is 2.86. The molecule has 1 fully saturated rings. The first-order valence-corrected chi connectivity index (χ1v) is 15.0. The van der Waals surface area contributed by atoms with Crippen molar-refractivity contribution < 1.29 is 9.18 Å². The first kappa shape index (κ1) is 26.3. The maximum atomic E-state index is 14.8. The zero-order valence-electron chi connectivity index (χ0n) is 21.7. The third-order valence-electron chi connectivity index (χ3n) is 7.03. The Hall–Kier alpha value is -3.89. The Morgan fingerprint density at radius 2 is 1.73 bits per heavy atom. The quantitative estimate of drug-likeness (QED) is 0.204. The largest absolute Gasteiger partial charge is 0.337 e. The molecule has 0 aliphatic carbocycles. The van der Waals surface area contributed by atoms with Crippen LogP contribution in [0.1, 0.15) is 33.9 Å². The van der Waals surface area contributed by atoms with Crippen molar-refractivity contribution in [1.82, 2.24) is 29.6 Å². The molecule has 10 heteroatoms. The lowest BCUT2D eigenvalue weighted by molar-refractivity contribution is 0.0685. The average Bonchev–Trinajstić information content (AvgIpc) is 3.65. The van der Waals surface area contributed by atoms with E-state index in [1.165, 1.54) is 34.7 Å². The van der Waals surface area contributed by atoms with Crippen molar-refractivity contribution in [3.8, 4) is 17.1 Å². The van der Waals surface area contributed by atoms with Gasteiger partial charge in [-0.25, -0.2) is 9.37 Å². The number of thiazole rings is 1. The van der Waals surface area contributed by atoms with E-state index in [1.807, 2.05) is 28.5 Å². The Bertz CT molecular complexity index is 1580. The molecule has 2 aromatic carbocycles. The van der Waals surface area contributed by atoms with Gasteiger partial charge in [-0.3, -0.25) is 14.3 Å². The van der Waals surface area contributed by atoms with Gasteiger partial charge in [0.1, 0.15) is 16.5 Å². The van der Waals surface area contributed by atoms with Gasteiger partial charge in [0.25, 0.3) is 5.91 Å². The number of likely N-dealkylation sites (tertiary alicyclic amines) is 1. The number of benzene rings is 2. The smallest absolute Gasteiger partial charge is 0.273 e. The molecule has 1 amide bonds. The molecule has 1 saturated heterocycles. The fraction of sp³-hybridized carbons (Fsp3) is 0.233. The topological polar surface area (TPSA) is 76.8 Å². The van der Waals surface area contributed by atoms with E-state index in [2.05, 4.69) is 44.4 Å². The summed E-state index contributed by atoms with van der Waals surface area (Å²) < 4.78 is 16.6. The van der Waals surface area contributed by atoms with E-state index in [4.69, 9.17) is 0 Å². The fourth-order valence-electron chi connectivity index (χ4n) is 4.95. The lowest BCUT2D eigenvalue weighted by Crippen LogP contribution is -2.39. The molecule has 4 heterocycles. The van der Waals surface area contributed by atoms with E-state index < -0.39 is 0 Å². The van der Waals surface area contributed by atoms with Crippen LogP contribution < -0.4 is 0 Å². The molecule has 0 N–H and O–H groups in total. The van der Waals surface area contributed by atoms with E-state index in [9.17, 15) is 9.18 Å². The molecule has 7 nitrogen and oxygen atoms in total. The van der Waals surface area contributed by atoms with E-state index in [-0.39, 0.29) is 11.7 Å². The molecular formula is C30H27FN6OS2. The lowest BCUT2D eigenvalue weighted by Gasteiger charge is -2.31. The van der Waals surface area contributed by atoms with Crippen LogP contribution >= 0.6 is 23.1 Å². The number of pyridine rings is 1. The second-order valence-electron chi connectivity index (χ2n) is 9.67. The minimum atomic E-state index is -0.367. The van der Waals surface area contributed by atoms with Crippen molar-refractivity contribution in [2.75, 3.05) is 13.1 Å². The van der Waals surface area contributed by atoms with Gasteiger partial charge < -0.3 is 4.90 Å². The molecule has 0 radical (unpaired) electrons. The van der Waals surface area contributed by atoms with Crippen molar-refractivity contribution in [1.29, 1.82) is 0 Å². The van der Waals surface area contributed by atoms with Crippen molar-refractivity contribution in [3.05, 3.63) is 107 Å². The summed E-state index contributed by atoms with van der Waals surface area (Å²) in [4.78, 5) is 23.8. The Balaban J connectivity index is 1.12. The van der Waals surface area contributed by atoms with E-state index in [1.54, 1.807) is 35.2 Å². The molecule has 202 valence electrons. The number of rotatable bonds is 8. The zero-order valence-corrected chi connectivity index (χ0v) is 23.3. The van der Waals surface area contributed by atoms with Crippen LogP contribution in [0.5, 0.6) is 0 Å². The van der Waals surface area contributed by atoms with Crippen LogP contribution in [0.15, 0.2) is 89.7 Å². The monoisotopic (exact) mass is 570 g/mol. The third kappa shape index (κ3) is 5.83. The number of para-hydroxylation sites is 1. The number of piperidine rings is 1. The summed E-state index contributed by atoms with van der Waals surface area (Å²) in [7, 11) is 0. The van der Waals surface area contributed by atoms with Crippen LogP contribution in [0, 0.1) is 11.7 Å². The van der Waals surface area contributed by atoms with Gasteiger partial charge >= 0.3 is 0 Å². The number of carbonyl (C=O) groups excluding carboxylic acids is 1. The number of amides is 1. The first-order valence-electron chi connectivity index (χ1n) is 13.2. The maximum absolute atomic E-state index is 14.8. The highest BCUT2D eigenvalue weighted by molar-refractivity contribution is 7.98. The van der Waals surface area contributed by atoms with Gasteiger partial charge in [-0.2, -0.15) is 0 Å². The molecule has 0 spiro atoms. The first-order chi connectivity index (χ1) is 19.7. The second-order valence-corrected chi connectivity index (χ2v) is 11.6. The minimum Gasteiger partial charge on any atom is -0.337 e. The summed E-state index contributed by atoms with van der Waals surface area (Å²) in [6.07, 6.45) is 6.39. The Labute approximate surface area is 240 Å². The van der Waals surface area contributed by atoms with E-state index in [0.29, 0.717) is 34.0 Å². The molecule has 1 aliphatic rings. The summed E-state index contributed by atoms with van der Waals surface area (Å²) in [6.45, 7) is 1.50. The molecule has 0 saturated carbocycles. The third-order valence-corrected chi connectivity index (χ3v) is 9.00. The van der Waals surface area contributed by atoms with Gasteiger partial charge in [0.05, 0.1) is 11.4 Å². The highest BCUT2D eigenvalue weighted by Crippen LogP contribution is 2.31. The van der Waals surface area contributed by atoms with Gasteiger partial charge in [0, 0.05) is 36.4 Å². The predicted octanol–water partition coefficient (Wildman–Crippen LogP) is 6.31. The average molecular weight is 571 g/mol. The van der Waals surface area contributed by atoms with Gasteiger partial charge in [-0.1, -0.05) is 54.2 Å². The predicted molar refractivity (Wildman–Crippen MR) is 155 cm³/mol. The lowest BCUT2D eigenvalue weighted by atomic mass is 9.90. The summed E-state index contributed by atoms with van der Waals surface area (Å²) in [5.41, 5.74) is 2.99. The number of nitrogens with zero attached hydrogens (tertiary/aromatic N) is 6. The number of aromatic nitrogens is 5. The van der Waals surface area contributed by atoms with Gasteiger partial charge in [-0.15, -0.1) is 21.5 Å². The Morgan fingerprint density at radius 3 is 2.50 bits per heavy atom. The number of hydrogen-bond acceptors (Lipinski definition) is 7. The molecule has 5 aromatic rings. The highest BCUT2D eigenvalue weighted by Gasteiger charge is 2.26. The van der Waals surface area contributed by atoms with Gasteiger partial charge in [-0.05, 0) is 55.0 Å². The SMILES string of the molecule is O=C(c1csc(CSc2nnc(-c3ccncc3)n2-c2ccccc2F)n1)N1CCC(Cc2ccccc2)CC1. The van der Waals surface area contributed by atoms with E-state index >= 15 is 0 Å². The van der Waals surface area contributed by atoms with Crippen LogP contribution in [0.4, 0.5) is 4.39 Å². The maximum Gasteiger partial charge on any atom is 0.273 e. The van der Waals surface area contributed by atoms with Crippen LogP contribution in [0.25, 0.3) is 17.1 Å². The minimum absolute atomic E-state index is 0.0137. The molecule has 1 aliphatic heterocycles. The zero-order chi connectivity index (χ0) is 27.3. The highest BCUT2D eigenvalue weighted by atomic mass is 32.2. The van der Waals surface area contributed by atoms with Gasteiger partial charge in [0.15, 0.2) is 11.0 Å². The van der Waals surface area contributed by atoms with Crippen molar-refractivity contribution in [2.24, 2.45) is 5.92 Å². The summed E-state index contributed by atoms with van der Waals surface area (Å²) in [6, 6.07) is 20.7. The van der Waals surface area contributed by atoms with Crippen LogP contribution in [-0.2, 0) is 12.2 Å². The van der Waals surface area contributed by atoms with E-state index in [0.717, 1.165) is 42.9 Å². The molecule has 0 unspecified atom stereocenters. The standard InChI is InChI=1S/C30H27FN6OS2/c31-24-8-4-5-9-26(24)37-28(23-10-14-32-15-11-23)34-35-30(37)40-20-27-33-25(19-39-27)29(38)36-16-12-22(13-17-36)18-21-6-2-1-3-7-21/h1-11,14-15,19,22H,12-13,16-18,20H2. The Morgan fingerprint density at radius 1 is 0.975 bits per heavy atom. The molecule has 6 rings (SSSR count). The van der Waals surface area contributed by atoms with Gasteiger partial charge in [0.2, 0.25) is 0 Å². The van der Waals surface area contributed by atoms with Crippen molar-refractivity contribution >= 4 is 29.0 Å². The second kappa shape index (κ2) is 12.1. The Kier molecular flexibility index (Phi) is 7.97. The number of halogens is 1. The molecular weight excluding hydrogens is 544 g/mol. The van der Waals surface area contributed by atoms with Crippen LogP contribution in [-0.4, -0.2) is 48.6 Å². The number of carbonyl (C=O) groups is 1. The fourth-order valence-corrected chi connectivity index (χ4v) is 6.68. The molecule has 0 atom stereocenters. The number of thioether (sulfide) groups is 1. The normalized spacial score (nSPS) is 14.0. The van der Waals surface area contributed by atoms with Crippen molar-refractivity contribution in [3.63, 3.8) is 0 Å². The molecule has 40 heavy (non-hydrogen) atoms. The molecule has 3 aromatic heterocycles. The van der Waals surface area contributed by atoms with Crippen LogP contribution in [0.2, 0.25) is 0 Å². The molecule has 0 bridgehead atoms. The van der Waals surface area contributed by atoms with Crippen LogP contribution in [0.3, 0.4) is 0 Å². The summed E-state index contributed by atoms with van der Waals surface area (Å²) in [5.74, 6) is 1.23. The summed E-state index contributed by atoms with van der Waals surface area (Å²) in [5, 5.41) is 11.9. The number of hydrogen-bond donors (Lipinski definition) is 0.